The summed E-state index contributed by atoms with van der Waals surface area (Å²) in [7, 11) is -1.70. The molecule has 0 aromatic heterocycles. The molecule has 0 amide bonds. The third-order valence-corrected chi connectivity index (χ3v) is 4.25. The molecule has 0 aliphatic carbocycles. The fraction of sp³-hybridized carbons (Fsp3) is 0.182. The average molecular weight is 273 g/mol. The Bertz CT molecular complexity index is 521. The summed E-state index contributed by atoms with van der Waals surface area (Å²) in [5.74, 6) is -0.852. The number of cyclic esters (lactones) is 1. The number of aliphatic hydroxyl groups excluding tert-OH is 1. The van der Waals surface area contributed by atoms with E-state index in [1.165, 1.54) is 0 Å². The number of ether oxygens (including phenoxy) is 1. The monoisotopic (exact) mass is 272 g/mol. The zero-order chi connectivity index (χ0) is 12.6. The van der Waals surface area contributed by atoms with Crippen molar-refractivity contribution in [2.24, 2.45) is 0 Å². The molecular formula is C11H9ClO4S. The van der Waals surface area contributed by atoms with Gasteiger partial charge < -0.3 is 9.84 Å². The van der Waals surface area contributed by atoms with Gasteiger partial charge in [-0.3, -0.25) is 0 Å². The summed E-state index contributed by atoms with van der Waals surface area (Å²) >= 11 is 5.65. The molecule has 0 saturated heterocycles. The molecule has 2 rings (SSSR count). The van der Waals surface area contributed by atoms with Crippen molar-refractivity contribution in [3.05, 3.63) is 39.8 Å². The van der Waals surface area contributed by atoms with Gasteiger partial charge in [-0.15, -0.1) is 0 Å². The third-order valence-electron chi connectivity index (χ3n) is 2.27. The molecule has 1 aliphatic heterocycles. The number of hydrogen-bond acceptors (Lipinski definition) is 4. The Morgan fingerprint density at radius 3 is 2.41 bits per heavy atom. The lowest BCUT2D eigenvalue weighted by atomic mass is 10.2. The Hall–Kier alpha value is -1.17. The highest BCUT2D eigenvalue weighted by Gasteiger charge is 2.36. The average Bonchev–Trinajstić information content (AvgIpc) is 2.53. The van der Waals surface area contributed by atoms with Crippen molar-refractivity contribution in [2.75, 3.05) is 0 Å². The summed E-state index contributed by atoms with van der Waals surface area (Å²) in [5.41, 5.74) is 1.02. The van der Waals surface area contributed by atoms with Gasteiger partial charge in [-0.2, -0.15) is 0 Å². The van der Waals surface area contributed by atoms with E-state index in [0.29, 0.717) is 4.90 Å². The van der Waals surface area contributed by atoms with Crippen molar-refractivity contribution in [3.8, 4) is 0 Å². The van der Waals surface area contributed by atoms with Gasteiger partial charge in [0.25, 0.3) is 0 Å². The van der Waals surface area contributed by atoms with Crippen LogP contribution >= 0.6 is 11.6 Å². The summed E-state index contributed by atoms with van der Waals surface area (Å²) in [4.78, 5) is 11.4. The van der Waals surface area contributed by atoms with Gasteiger partial charge in [0, 0.05) is 4.90 Å². The van der Waals surface area contributed by atoms with Crippen LogP contribution in [0.2, 0.25) is 0 Å². The number of esters is 1. The topological polar surface area (TPSA) is 63.6 Å². The molecule has 0 radical (unpaired) electrons. The van der Waals surface area contributed by atoms with Crippen molar-refractivity contribution in [1.82, 2.24) is 0 Å². The lowest BCUT2D eigenvalue weighted by Crippen LogP contribution is -2.13. The number of carbonyl (C=O) groups excluding carboxylic acids is 1. The van der Waals surface area contributed by atoms with Crippen LogP contribution in [0.15, 0.2) is 39.1 Å². The summed E-state index contributed by atoms with van der Waals surface area (Å²) in [6.07, 6.45) is -1.53. The van der Waals surface area contributed by atoms with Crippen LogP contribution in [0.5, 0.6) is 0 Å². The number of aryl methyl sites for hydroxylation is 1. The van der Waals surface area contributed by atoms with Gasteiger partial charge in [-0.1, -0.05) is 29.3 Å². The minimum Gasteiger partial charge on any atom is -0.426 e. The zero-order valence-corrected chi connectivity index (χ0v) is 10.4. The summed E-state index contributed by atoms with van der Waals surface area (Å²) in [6, 6.07) is 6.87. The standard InChI is InChI=1S/C11H9ClO4S/c1-6-2-4-7(5-3-6)17(15)9-8(12)10(13)16-11(9)14/h2-5,11,14H,1H3/t11-,17+/m0/s1. The molecule has 0 spiro atoms. The molecule has 17 heavy (non-hydrogen) atoms. The van der Waals surface area contributed by atoms with Gasteiger partial charge in [0.2, 0.25) is 6.29 Å². The molecule has 1 aromatic rings. The van der Waals surface area contributed by atoms with E-state index in [1.807, 2.05) is 6.92 Å². The molecule has 1 aromatic carbocycles. The van der Waals surface area contributed by atoms with Crippen LogP contribution in [0, 0.1) is 6.92 Å². The number of rotatable bonds is 2. The lowest BCUT2D eigenvalue weighted by molar-refractivity contribution is -0.150. The number of halogens is 1. The Morgan fingerprint density at radius 2 is 1.94 bits per heavy atom. The molecule has 0 fully saturated rings. The predicted octanol–water partition coefficient (Wildman–Crippen LogP) is 1.43. The third kappa shape index (κ3) is 2.26. The van der Waals surface area contributed by atoms with E-state index in [1.54, 1.807) is 24.3 Å². The highest BCUT2D eigenvalue weighted by atomic mass is 35.5. The first-order valence-electron chi connectivity index (χ1n) is 4.78. The van der Waals surface area contributed by atoms with Crippen LogP contribution < -0.4 is 0 Å². The smallest absolute Gasteiger partial charge is 0.353 e. The van der Waals surface area contributed by atoms with Crippen LogP contribution in [0.4, 0.5) is 0 Å². The predicted molar refractivity (Wildman–Crippen MR) is 62.6 cm³/mol. The van der Waals surface area contributed by atoms with Gasteiger partial charge in [0.1, 0.15) is 9.94 Å². The molecule has 2 atom stereocenters. The minimum absolute atomic E-state index is 0.0967. The second kappa shape index (κ2) is 4.60. The maximum Gasteiger partial charge on any atom is 0.353 e. The summed E-state index contributed by atoms with van der Waals surface area (Å²) < 4.78 is 16.6. The molecule has 1 heterocycles. The summed E-state index contributed by atoms with van der Waals surface area (Å²) in [6.45, 7) is 1.90. The largest absolute Gasteiger partial charge is 0.426 e. The van der Waals surface area contributed by atoms with E-state index in [4.69, 9.17) is 11.6 Å². The SMILES string of the molecule is Cc1ccc([S@@](=O)C2=C(Cl)C(=O)O[C@@H]2O)cc1. The van der Waals surface area contributed by atoms with Crippen molar-refractivity contribution in [1.29, 1.82) is 0 Å². The van der Waals surface area contributed by atoms with Crippen molar-refractivity contribution >= 4 is 28.4 Å². The Kier molecular flexibility index (Phi) is 3.33. The quantitative estimate of drug-likeness (QED) is 0.827. The number of carbonyl (C=O) groups is 1. The Morgan fingerprint density at radius 1 is 1.35 bits per heavy atom. The first-order chi connectivity index (χ1) is 8.00. The van der Waals surface area contributed by atoms with E-state index in [9.17, 15) is 14.1 Å². The van der Waals surface area contributed by atoms with E-state index in [-0.39, 0.29) is 9.94 Å². The Labute approximate surface area is 105 Å². The second-order valence-corrected chi connectivity index (χ2v) is 5.34. The van der Waals surface area contributed by atoms with Gasteiger partial charge >= 0.3 is 5.97 Å². The minimum atomic E-state index is -1.70. The number of aliphatic hydroxyl groups is 1. The van der Waals surface area contributed by atoms with Crippen molar-refractivity contribution < 1.29 is 18.8 Å². The van der Waals surface area contributed by atoms with Gasteiger partial charge in [0.05, 0.1) is 10.8 Å². The van der Waals surface area contributed by atoms with E-state index in [0.717, 1.165) is 5.56 Å². The molecule has 0 bridgehead atoms. The maximum atomic E-state index is 12.1. The molecule has 1 aliphatic rings. The van der Waals surface area contributed by atoms with Gasteiger partial charge in [-0.05, 0) is 19.1 Å². The zero-order valence-electron chi connectivity index (χ0n) is 8.84. The molecule has 0 saturated carbocycles. The highest BCUT2D eigenvalue weighted by Crippen LogP contribution is 2.30. The van der Waals surface area contributed by atoms with Crippen LogP contribution in [0.3, 0.4) is 0 Å². The molecule has 0 unspecified atom stereocenters. The highest BCUT2D eigenvalue weighted by molar-refractivity contribution is 7.89. The van der Waals surface area contributed by atoms with Crippen LogP contribution in [-0.4, -0.2) is 21.6 Å². The van der Waals surface area contributed by atoms with Gasteiger partial charge in [0.15, 0.2) is 0 Å². The molecule has 90 valence electrons. The molecular weight excluding hydrogens is 264 g/mol. The van der Waals surface area contributed by atoms with E-state index < -0.39 is 23.1 Å². The first-order valence-corrected chi connectivity index (χ1v) is 6.30. The fourth-order valence-corrected chi connectivity index (χ4v) is 2.84. The molecule has 6 heteroatoms. The Balaban J connectivity index is 2.38. The number of benzene rings is 1. The molecule has 4 nitrogen and oxygen atoms in total. The van der Waals surface area contributed by atoms with Gasteiger partial charge in [-0.25, -0.2) is 9.00 Å². The van der Waals surface area contributed by atoms with E-state index >= 15 is 0 Å². The first kappa shape index (κ1) is 12.3. The van der Waals surface area contributed by atoms with Crippen molar-refractivity contribution in [3.63, 3.8) is 0 Å². The normalized spacial score (nSPS) is 21.6. The van der Waals surface area contributed by atoms with Crippen molar-refractivity contribution in [2.45, 2.75) is 18.1 Å². The fourth-order valence-electron chi connectivity index (χ4n) is 1.38. The van der Waals surface area contributed by atoms with Crippen LogP contribution in [0.1, 0.15) is 5.56 Å². The maximum absolute atomic E-state index is 12.1. The summed E-state index contributed by atoms with van der Waals surface area (Å²) in [5, 5.41) is 9.13. The second-order valence-electron chi connectivity index (χ2n) is 3.52. The van der Waals surface area contributed by atoms with E-state index in [2.05, 4.69) is 4.74 Å². The lowest BCUT2D eigenvalue weighted by Gasteiger charge is -2.07. The van der Waals surface area contributed by atoms with Crippen LogP contribution in [-0.2, 0) is 20.3 Å². The molecule has 1 N–H and O–H groups in total. The number of hydrogen-bond donors (Lipinski definition) is 1. The van der Waals surface area contributed by atoms with Crippen LogP contribution in [0.25, 0.3) is 0 Å².